The number of hydrogen-bond acceptors (Lipinski definition) is 1. The highest BCUT2D eigenvalue weighted by Gasteiger charge is 2.13. The Morgan fingerprint density at radius 3 is 2.42 bits per heavy atom. The van der Waals surface area contributed by atoms with E-state index < -0.39 is 11.6 Å². The van der Waals surface area contributed by atoms with Gasteiger partial charge in [0.1, 0.15) is 17.4 Å². The van der Waals surface area contributed by atoms with Crippen LogP contribution in [-0.4, -0.2) is 12.1 Å². The van der Waals surface area contributed by atoms with Gasteiger partial charge in [0.05, 0.1) is 18.4 Å². The summed E-state index contributed by atoms with van der Waals surface area (Å²) in [6.45, 7) is 0. The summed E-state index contributed by atoms with van der Waals surface area (Å²) in [7, 11) is 1.57. The summed E-state index contributed by atoms with van der Waals surface area (Å²) in [6.07, 6.45) is 0. The molecule has 3 rings (SSSR count). The van der Waals surface area contributed by atoms with Gasteiger partial charge in [-0.3, -0.25) is 0 Å². The van der Waals surface area contributed by atoms with Crippen LogP contribution in [0, 0.1) is 11.6 Å². The van der Waals surface area contributed by atoms with E-state index in [1.807, 2.05) is 12.1 Å². The van der Waals surface area contributed by atoms with Crippen molar-refractivity contribution in [1.29, 1.82) is 0 Å². The Morgan fingerprint density at radius 1 is 1.00 bits per heavy atom. The van der Waals surface area contributed by atoms with E-state index in [1.54, 1.807) is 19.2 Å². The SMILES string of the molecule is COc1ccc2[nH]c(-c3c(F)cccc3F)cc2c1. The van der Waals surface area contributed by atoms with Crippen LogP contribution in [0.25, 0.3) is 22.2 Å². The van der Waals surface area contributed by atoms with E-state index >= 15 is 0 Å². The van der Waals surface area contributed by atoms with Gasteiger partial charge in [-0.15, -0.1) is 0 Å². The first-order valence-corrected chi connectivity index (χ1v) is 5.80. The van der Waals surface area contributed by atoms with Crippen LogP contribution in [0.4, 0.5) is 8.78 Å². The Balaban J connectivity index is 2.21. The third-order valence-corrected chi connectivity index (χ3v) is 3.06. The van der Waals surface area contributed by atoms with Gasteiger partial charge in [-0.25, -0.2) is 8.78 Å². The van der Waals surface area contributed by atoms with Crippen LogP contribution < -0.4 is 4.74 Å². The molecule has 0 fully saturated rings. The summed E-state index contributed by atoms with van der Waals surface area (Å²) in [5, 5.41) is 0.844. The molecule has 96 valence electrons. The highest BCUT2D eigenvalue weighted by Crippen LogP contribution is 2.30. The number of aromatic amines is 1. The lowest BCUT2D eigenvalue weighted by molar-refractivity contribution is 0.415. The third kappa shape index (κ3) is 1.95. The molecule has 0 spiro atoms. The van der Waals surface area contributed by atoms with Crippen molar-refractivity contribution < 1.29 is 13.5 Å². The summed E-state index contributed by atoms with van der Waals surface area (Å²) in [5.74, 6) is -0.468. The number of aromatic nitrogens is 1. The number of methoxy groups -OCH3 is 1. The van der Waals surface area contributed by atoms with Gasteiger partial charge in [0.25, 0.3) is 0 Å². The summed E-state index contributed by atoms with van der Waals surface area (Å²) in [5.41, 5.74) is 1.18. The minimum atomic E-state index is -0.585. The molecular weight excluding hydrogens is 248 g/mol. The summed E-state index contributed by atoms with van der Waals surface area (Å²) < 4.78 is 32.6. The molecule has 0 amide bonds. The van der Waals surface area contributed by atoms with Crippen molar-refractivity contribution in [3.8, 4) is 17.0 Å². The lowest BCUT2D eigenvalue weighted by Gasteiger charge is -2.01. The maximum atomic E-state index is 13.7. The zero-order valence-electron chi connectivity index (χ0n) is 10.2. The molecule has 0 bridgehead atoms. The number of fused-ring (bicyclic) bond motifs is 1. The number of H-pyrrole nitrogens is 1. The molecule has 0 unspecified atom stereocenters. The monoisotopic (exact) mass is 259 g/mol. The van der Waals surface area contributed by atoms with Crippen LogP contribution in [0.3, 0.4) is 0 Å². The quantitative estimate of drug-likeness (QED) is 0.735. The minimum Gasteiger partial charge on any atom is -0.497 e. The lowest BCUT2D eigenvalue weighted by Crippen LogP contribution is -1.89. The predicted molar refractivity (Wildman–Crippen MR) is 70.2 cm³/mol. The second-order valence-electron chi connectivity index (χ2n) is 4.23. The van der Waals surface area contributed by atoms with E-state index in [-0.39, 0.29) is 5.56 Å². The largest absolute Gasteiger partial charge is 0.497 e. The van der Waals surface area contributed by atoms with E-state index in [4.69, 9.17) is 4.74 Å². The fourth-order valence-corrected chi connectivity index (χ4v) is 2.13. The first-order valence-electron chi connectivity index (χ1n) is 5.80. The fourth-order valence-electron chi connectivity index (χ4n) is 2.13. The van der Waals surface area contributed by atoms with Gasteiger partial charge in [0, 0.05) is 10.9 Å². The van der Waals surface area contributed by atoms with Gasteiger partial charge in [-0.2, -0.15) is 0 Å². The topological polar surface area (TPSA) is 25.0 Å². The molecule has 0 saturated carbocycles. The van der Waals surface area contributed by atoms with Gasteiger partial charge >= 0.3 is 0 Å². The van der Waals surface area contributed by atoms with E-state index in [0.717, 1.165) is 10.9 Å². The molecule has 0 aliphatic carbocycles. The molecule has 19 heavy (non-hydrogen) atoms. The zero-order valence-corrected chi connectivity index (χ0v) is 10.2. The van der Waals surface area contributed by atoms with E-state index in [1.165, 1.54) is 18.2 Å². The van der Waals surface area contributed by atoms with E-state index in [0.29, 0.717) is 11.4 Å². The maximum Gasteiger partial charge on any atom is 0.135 e. The van der Waals surface area contributed by atoms with Crippen molar-refractivity contribution in [2.45, 2.75) is 0 Å². The Hall–Kier alpha value is -2.36. The molecule has 2 aromatic carbocycles. The minimum absolute atomic E-state index is 0.0438. The molecule has 0 saturated heterocycles. The van der Waals surface area contributed by atoms with Crippen molar-refractivity contribution >= 4 is 10.9 Å². The standard InChI is InChI=1S/C15H11F2NO/c1-19-10-5-6-13-9(7-10)8-14(18-13)15-11(16)3-2-4-12(15)17/h2-8,18H,1H3. The number of nitrogens with one attached hydrogen (secondary N) is 1. The number of halogens is 2. The normalized spacial score (nSPS) is 10.9. The average molecular weight is 259 g/mol. The van der Waals surface area contributed by atoms with Crippen LogP contribution in [0.1, 0.15) is 0 Å². The first kappa shape index (κ1) is 11.7. The van der Waals surface area contributed by atoms with E-state index in [9.17, 15) is 8.78 Å². The highest BCUT2D eigenvalue weighted by molar-refractivity contribution is 5.87. The Morgan fingerprint density at radius 2 is 1.74 bits per heavy atom. The second kappa shape index (κ2) is 4.39. The maximum absolute atomic E-state index is 13.7. The van der Waals surface area contributed by atoms with Gasteiger partial charge < -0.3 is 9.72 Å². The number of ether oxygens (including phenoxy) is 1. The highest BCUT2D eigenvalue weighted by atomic mass is 19.1. The van der Waals surface area contributed by atoms with Crippen molar-refractivity contribution in [2.75, 3.05) is 7.11 Å². The molecule has 0 aliphatic heterocycles. The average Bonchev–Trinajstić information content (AvgIpc) is 2.80. The fraction of sp³-hybridized carbons (Fsp3) is 0.0667. The van der Waals surface area contributed by atoms with Gasteiger partial charge in [0.2, 0.25) is 0 Å². The number of hydrogen-bond donors (Lipinski definition) is 1. The number of benzene rings is 2. The second-order valence-corrected chi connectivity index (χ2v) is 4.23. The molecule has 0 radical (unpaired) electrons. The van der Waals surface area contributed by atoms with Crippen LogP contribution in [0.2, 0.25) is 0 Å². The van der Waals surface area contributed by atoms with Crippen LogP contribution >= 0.6 is 0 Å². The van der Waals surface area contributed by atoms with Crippen molar-refractivity contribution in [3.63, 3.8) is 0 Å². The molecular formula is C15H11F2NO. The van der Waals surface area contributed by atoms with Gasteiger partial charge in [-0.05, 0) is 36.4 Å². The van der Waals surface area contributed by atoms with E-state index in [2.05, 4.69) is 4.98 Å². The molecule has 2 nitrogen and oxygen atoms in total. The summed E-state index contributed by atoms with van der Waals surface area (Å²) >= 11 is 0. The van der Waals surface area contributed by atoms with Crippen LogP contribution in [0.15, 0.2) is 42.5 Å². The van der Waals surface area contributed by atoms with Crippen molar-refractivity contribution in [2.24, 2.45) is 0 Å². The Bertz CT molecular complexity index is 729. The zero-order chi connectivity index (χ0) is 13.4. The van der Waals surface area contributed by atoms with Crippen LogP contribution in [0.5, 0.6) is 5.75 Å². The molecule has 1 heterocycles. The Labute approximate surface area is 108 Å². The smallest absolute Gasteiger partial charge is 0.135 e. The third-order valence-electron chi connectivity index (χ3n) is 3.06. The first-order chi connectivity index (χ1) is 9.19. The molecule has 1 aromatic heterocycles. The molecule has 1 N–H and O–H groups in total. The molecule has 0 atom stereocenters. The van der Waals surface area contributed by atoms with Crippen LogP contribution in [-0.2, 0) is 0 Å². The lowest BCUT2D eigenvalue weighted by atomic mass is 10.1. The van der Waals surface area contributed by atoms with Crippen molar-refractivity contribution in [1.82, 2.24) is 4.98 Å². The van der Waals surface area contributed by atoms with Crippen molar-refractivity contribution in [3.05, 3.63) is 54.1 Å². The van der Waals surface area contributed by atoms with Gasteiger partial charge in [-0.1, -0.05) is 6.07 Å². The van der Waals surface area contributed by atoms with Gasteiger partial charge in [0.15, 0.2) is 0 Å². The molecule has 3 aromatic rings. The predicted octanol–water partition coefficient (Wildman–Crippen LogP) is 4.12. The summed E-state index contributed by atoms with van der Waals surface area (Å²) in [6, 6.07) is 11.0. The summed E-state index contributed by atoms with van der Waals surface area (Å²) in [4.78, 5) is 3.01. The number of rotatable bonds is 2. The molecule has 0 aliphatic rings. The molecule has 4 heteroatoms. The Kier molecular flexibility index (Phi) is 2.71.